The number of piperazine rings is 1. The van der Waals surface area contributed by atoms with Gasteiger partial charge in [-0.2, -0.15) is 5.10 Å². The van der Waals surface area contributed by atoms with E-state index >= 15 is 0 Å². The van der Waals surface area contributed by atoms with Gasteiger partial charge in [0.1, 0.15) is 0 Å². The van der Waals surface area contributed by atoms with Crippen molar-refractivity contribution >= 4 is 22.8 Å². The largest absolute Gasteiger partial charge is 0.379 e. The number of H-pyrrole nitrogens is 1. The van der Waals surface area contributed by atoms with Gasteiger partial charge in [-0.3, -0.25) is 9.59 Å². The minimum absolute atomic E-state index is 0.0100. The van der Waals surface area contributed by atoms with Gasteiger partial charge in [0.15, 0.2) is 5.82 Å². The van der Waals surface area contributed by atoms with Gasteiger partial charge in [0.25, 0.3) is 5.56 Å². The average molecular weight is 443 g/mol. The van der Waals surface area contributed by atoms with Crippen molar-refractivity contribution in [3.63, 3.8) is 0 Å². The fourth-order valence-corrected chi connectivity index (χ4v) is 3.95. The van der Waals surface area contributed by atoms with Gasteiger partial charge in [-0.05, 0) is 19.4 Å². The van der Waals surface area contributed by atoms with Crippen molar-refractivity contribution in [2.24, 2.45) is 0 Å². The lowest BCUT2D eigenvalue weighted by atomic mass is 10.2. The number of halogens is 1. The van der Waals surface area contributed by atoms with E-state index in [1.165, 1.54) is 0 Å². The number of nitrogens with one attached hydrogen (secondary N) is 1. The Hall–Kier alpha value is -3.34. The van der Waals surface area contributed by atoms with Gasteiger partial charge in [-0.1, -0.05) is 0 Å². The molecule has 1 N–H and O–H groups in total. The number of carbonyl (C=O) groups excluding carboxylic acids is 1. The molecule has 170 valence electrons. The highest BCUT2D eigenvalue weighted by Crippen LogP contribution is 2.20. The number of hydrogen-bond acceptors (Lipinski definition) is 7. The van der Waals surface area contributed by atoms with Gasteiger partial charge in [0, 0.05) is 32.4 Å². The molecule has 1 fully saturated rings. The van der Waals surface area contributed by atoms with Gasteiger partial charge in [-0.25, -0.2) is 19.5 Å². The molecule has 1 amide bonds. The quantitative estimate of drug-likeness (QED) is 0.548. The minimum Gasteiger partial charge on any atom is -0.379 e. The predicted octanol–water partition coefficient (Wildman–Crippen LogP) is 1.28. The standard InChI is InChI=1S/C21H26FN7O3/c1-14-12-29(17-11-25-26-20(31)19(14)17)15(2)13-32-8-3-18(30)27-4-6-28(7-5-27)21-23-9-16(22)10-24-21/h9-12,15H,3-8,13H2,1-2H3,(H,26,31). The van der Waals surface area contributed by atoms with E-state index < -0.39 is 5.82 Å². The lowest BCUT2D eigenvalue weighted by Gasteiger charge is -2.34. The van der Waals surface area contributed by atoms with Crippen LogP contribution in [0, 0.1) is 12.7 Å². The average Bonchev–Trinajstić information content (AvgIpc) is 3.15. The number of ether oxygens (including phenoxy) is 1. The topological polar surface area (TPSA) is 109 Å². The van der Waals surface area contributed by atoms with E-state index in [9.17, 15) is 14.0 Å². The number of hydrogen-bond donors (Lipinski definition) is 1. The third-order valence-corrected chi connectivity index (χ3v) is 5.66. The molecule has 0 radical (unpaired) electrons. The highest BCUT2D eigenvalue weighted by Gasteiger charge is 2.22. The van der Waals surface area contributed by atoms with Crippen LogP contribution in [0.1, 0.15) is 24.9 Å². The lowest BCUT2D eigenvalue weighted by molar-refractivity contribution is -0.132. The highest BCUT2D eigenvalue weighted by molar-refractivity contribution is 5.82. The number of anilines is 1. The normalized spacial score (nSPS) is 15.3. The molecule has 4 rings (SSSR count). The number of carbonyl (C=O) groups is 1. The molecular formula is C21H26FN7O3. The van der Waals surface area contributed by atoms with Crippen molar-refractivity contribution in [3.05, 3.63) is 46.5 Å². The van der Waals surface area contributed by atoms with Gasteiger partial charge in [-0.15, -0.1) is 0 Å². The SMILES string of the molecule is Cc1cn(C(C)COCCC(=O)N2CCN(c3ncc(F)cn3)CC2)c2cn[nH]c(=O)c12. The van der Waals surface area contributed by atoms with Crippen LogP contribution in [0.5, 0.6) is 0 Å². The van der Waals surface area contributed by atoms with Crippen LogP contribution in [0.2, 0.25) is 0 Å². The van der Waals surface area contributed by atoms with E-state index in [0.29, 0.717) is 57.1 Å². The maximum Gasteiger partial charge on any atom is 0.273 e. The van der Waals surface area contributed by atoms with Crippen LogP contribution in [-0.2, 0) is 9.53 Å². The number of nitrogens with zero attached hydrogens (tertiary/aromatic N) is 6. The summed E-state index contributed by atoms with van der Waals surface area (Å²) >= 11 is 0. The Kier molecular flexibility index (Phi) is 6.45. The molecule has 1 aliphatic heterocycles. The molecule has 1 saturated heterocycles. The second-order valence-corrected chi connectivity index (χ2v) is 7.92. The van der Waals surface area contributed by atoms with Gasteiger partial charge in [0.2, 0.25) is 11.9 Å². The van der Waals surface area contributed by atoms with Gasteiger partial charge < -0.3 is 19.1 Å². The first-order valence-corrected chi connectivity index (χ1v) is 10.6. The van der Waals surface area contributed by atoms with E-state index in [2.05, 4.69) is 20.2 Å². The van der Waals surface area contributed by atoms with Crippen LogP contribution < -0.4 is 10.5 Å². The zero-order chi connectivity index (χ0) is 22.7. The first-order valence-electron chi connectivity index (χ1n) is 10.6. The van der Waals surface area contributed by atoms with Crippen molar-refractivity contribution < 1.29 is 13.9 Å². The van der Waals surface area contributed by atoms with E-state index in [1.807, 2.05) is 29.5 Å². The molecule has 0 spiro atoms. The van der Waals surface area contributed by atoms with Gasteiger partial charge in [0.05, 0.1) is 55.2 Å². The van der Waals surface area contributed by atoms with Crippen LogP contribution in [-0.4, -0.2) is 74.9 Å². The van der Waals surface area contributed by atoms with Gasteiger partial charge >= 0.3 is 0 Å². The Morgan fingerprint density at radius 2 is 1.94 bits per heavy atom. The van der Waals surface area contributed by atoms with Crippen LogP contribution in [0.15, 0.2) is 29.6 Å². The molecule has 0 aromatic carbocycles. The molecule has 0 bridgehead atoms. The number of aromatic nitrogens is 5. The molecule has 10 nitrogen and oxygen atoms in total. The lowest BCUT2D eigenvalue weighted by Crippen LogP contribution is -2.49. The predicted molar refractivity (Wildman–Crippen MR) is 116 cm³/mol. The van der Waals surface area contributed by atoms with Crippen molar-refractivity contribution in [2.45, 2.75) is 26.3 Å². The van der Waals surface area contributed by atoms with Crippen molar-refractivity contribution in [1.29, 1.82) is 0 Å². The van der Waals surface area contributed by atoms with Crippen molar-refractivity contribution in [3.8, 4) is 0 Å². The number of aryl methyl sites for hydroxylation is 1. The molecular weight excluding hydrogens is 417 g/mol. The Morgan fingerprint density at radius 1 is 1.22 bits per heavy atom. The smallest absolute Gasteiger partial charge is 0.273 e. The summed E-state index contributed by atoms with van der Waals surface area (Å²) in [5.74, 6) is 0.0402. The summed E-state index contributed by atoms with van der Waals surface area (Å²) < 4.78 is 20.7. The van der Waals surface area contributed by atoms with E-state index in [1.54, 1.807) is 11.1 Å². The summed E-state index contributed by atoms with van der Waals surface area (Å²) in [6, 6.07) is -0.0100. The van der Waals surface area contributed by atoms with Crippen LogP contribution in [0.25, 0.3) is 10.9 Å². The van der Waals surface area contributed by atoms with E-state index in [0.717, 1.165) is 23.5 Å². The van der Waals surface area contributed by atoms with Crippen LogP contribution in [0.4, 0.5) is 10.3 Å². The summed E-state index contributed by atoms with van der Waals surface area (Å²) in [5, 5.41) is 6.98. The molecule has 3 aromatic rings. The van der Waals surface area contributed by atoms with Crippen molar-refractivity contribution in [2.75, 3.05) is 44.3 Å². The Bertz CT molecular complexity index is 1140. The monoisotopic (exact) mass is 443 g/mol. The molecule has 1 aliphatic rings. The molecule has 3 aromatic heterocycles. The second-order valence-electron chi connectivity index (χ2n) is 7.92. The summed E-state index contributed by atoms with van der Waals surface area (Å²) in [5.41, 5.74) is 1.45. The molecule has 32 heavy (non-hydrogen) atoms. The highest BCUT2D eigenvalue weighted by atomic mass is 19.1. The van der Waals surface area contributed by atoms with Crippen LogP contribution in [0.3, 0.4) is 0 Å². The first-order chi connectivity index (χ1) is 15.4. The summed E-state index contributed by atoms with van der Waals surface area (Å²) in [6.45, 7) is 6.95. The first kappa shape index (κ1) is 21.9. The Balaban J connectivity index is 1.22. The number of amides is 1. The summed E-state index contributed by atoms with van der Waals surface area (Å²) in [6.07, 6.45) is 6.15. The summed E-state index contributed by atoms with van der Waals surface area (Å²) in [4.78, 5) is 36.2. The van der Waals surface area contributed by atoms with E-state index in [-0.39, 0.29) is 17.5 Å². The summed E-state index contributed by atoms with van der Waals surface area (Å²) in [7, 11) is 0. The molecule has 4 heterocycles. The molecule has 0 saturated carbocycles. The number of fused-ring (bicyclic) bond motifs is 1. The Morgan fingerprint density at radius 3 is 2.66 bits per heavy atom. The van der Waals surface area contributed by atoms with Crippen molar-refractivity contribution in [1.82, 2.24) is 29.6 Å². The molecule has 1 unspecified atom stereocenters. The fourth-order valence-electron chi connectivity index (χ4n) is 3.95. The molecule has 11 heteroatoms. The maximum absolute atomic E-state index is 13.0. The van der Waals surface area contributed by atoms with Crippen LogP contribution >= 0.6 is 0 Å². The number of rotatable bonds is 7. The zero-order valence-corrected chi connectivity index (χ0v) is 18.1. The third kappa shape index (κ3) is 4.62. The van der Waals surface area contributed by atoms with E-state index in [4.69, 9.17) is 4.74 Å². The third-order valence-electron chi connectivity index (χ3n) is 5.66. The number of aromatic amines is 1. The minimum atomic E-state index is -0.470. The Labute approximate surface area is 184 Å². The molecule has 1 atom stereocenters. The second kappa shape index (κ2) is 9.43. The zero-order valence-electron chi connectivity index (χ0n) is 18.1. The molecule has 0 aliphatic carbocycles. The fraction of sp³-hybridized carbons (Fsp3) is 0.476. The maximum atomic E-state index is 13.0.